The van der Waals surface area contributed by atoms with Gasteiger partial charge in [0, 0.05) is 12.0 Å². The van der Waals surface area contributed by atoms with Crippen molar-refractivity contribution in [1.29, 1.82) is 0 Å². The number of ether oxygens (including phenoxy) is 2. The lowest BCUT2D eigenvalue weighted by Crippen LogP contribution is -2.41. The number of hydrogen-bond donors (Lipinski definition) is 0. The standard InChI is InChI=1S/C19H22O4/c1-4-14-19(17(20)22-5-2,18(21)23-6-3)15-10-13-16-11-8-7-9-12-16/h4,7-9,11-12H,1,5-6,14-15H2,2-3H3. The predicted octanol–water partition coefficient (Wildman–Crippen LogP) is 3.12. The Hall–Kier alpha value is -2.54. The Morgan fingerprint density at radius 2 is 1.70 bits per heavy atom. The lowest BCUT2D eigenvalue weighted by Gasteiger charge is -2.26. The average molecular weight is 314 g/mol. The molecule has 1 aromatic rings. The summed E-state index contributed by atoms with van der Waals surface area (Å²) in [4.78, 5) is 24.8. The van der Waals surface area contributed by atoms with Crippen molar-refractivity contribution in [2.45, 2.75) is 26.7 Å². The van der Waals surface area contributed by atoms with Crippen LogP contribution in [0.3, 0.4) is 0 Å². The van der Waals surface area contributed by atoms with Crippen molar-refractivity contribution in [3.05, 3.63) is 48.6 Å². The second kappa shape index (κ2) is 9.47. The van der Waals surface area contributed by atoms with Gasteiger partial charge < -0.3 is 9.47 Å². The van der Waals surface area contributed by atoms with Crippen molar-refractivity contribution in [2.24, 2.45) is 5.41 Å². The molecule has 0 saturated carbocycles. The summed E-state index contributed by atoms with van der Waals surface area (Å²) in [5, 5.41) is 0. The Labute approximate surface area is 137 Å². The molecule has 0 aliphatic carbocycles. The molecule has 23 heavy (non-hydrogen) atoms. The van der Waals surface area contributed by atoms with Crippen LogP contribution in [0.25, 0.3) is 0 Å². The zero-order valence-corrected chi connectivity index (χ0v) is 13.6. The van der Waals surface area contributed by atoms with Gasteiger partial charge in [0.1, 0.15) is 0 Å². The van der Waals surface area contributed by atoms with Crippen LogP contribution < -0.4 is 0 Å². The first kappa shape index (κ1) is 18.5. The zero-order chi connectivity index (χ0) is 17.1. The largest absolute Gasteiger partial charge is 0.465 e. The quantitative estimate of drug-likeness (QED) is 0.336. The number of carbonyl (C=O) groups excluding carboxylic acids is 2. The molecule has 0 N–H and O–H groups in total. The summed E-state index contributed by atoms with van der Waals surface area (Å²) in [5.41, 5.74) is -0.650. The minimum Gasteiger partial charge on any atom is -0.465 e. The summed E-state index contributed by atoms with van der Waals surface area (Å²) < 4.78 is 10.1. The normalized spacial score (nSPS) is 10.2. The zero-order valence-electron chi connectivity index (χ0n) is 13.6. The molecule has 0 aliphatic rings. The molecule has 0 fully saturated rings. The SMILES string of the molecule is C=CCC(CC#Cc1ccccc1)(C(=O)OCC)C(=O)OCC. The summed E-state index contributed by atoms with van der Waals surface area (Å²) >= 11 is 0. The highest BCUT2D eigenvalue weighted by atomic mass is 16.6. The van der Waals surface area contributed by atoms with Crippen molar-refractivity contribution in [3.8, 4) is 11.8 Å². The topological polar surface area (TPSA) is 52.6 Å². The van der Waals surface area contributed by atoms with Gasteiger partial charge in [-0.2, -0.15) is 0 Å². The lowest BCUT2D eigenvalue weighted by atomic mass is 9.81. The number of benzene rings is 1. The van der Waals surface area contributed by atoms with Gasteiger partial charge >= 0.3 is 11.9 Å². The first-order valence-corrected chi connectivity index (χ1v) is 7.60. The van der Waals surface area contributed by atoms with Crippen molar-refractivity contribution in [2.75, 3.05) is 13.2 Å². The third-order valence-electron chi connectivity index (χ3n) is 3.22. The van der Waals surface area contributed by atoms with Crippen LogP contribution in [-0.4, -0.2) is 25.2 Å². The molecular formula is C19H22O4. The monoisotopic (exact) mass is 314 g/mol. The minimum absolute atomic E-state index is 0.0194. The Morgan fingerprint density at radius 1 is 1.13 bits per heavy atom. The Bertz CT molecular complexity index is 575. The number of allylic oxidation sites excluding steroid dienone is 1. The van der Waals surface area contributed by atoms with Gasteiger partial charge in [0.05, 0.1) is 13.2 Å². The molecule has 0 saturated heterocycles. The molecule has 0 amide bonds. The Kier molecular flexibility index (Phi) is 7.62. The number of carbonyl (C=O) groups is 2. The summed E-state index contributed by atoms with van der Waals surface area (Å²) in [7, 11) is 0. The van der Waals surface area contributed by atoms with Crippen molar-refractivity contribution in [1.82, 2.24) is 0 Å². The van der Waals surface area contributed by atoms with E-state index < -0.39 is 17.4 Å². The highest BCUT2D eigenvalue weighted by Gasteiger charge is 2.47. The lowest BCUT2D eigenvalue weighted by molar-refractivity contribution is -0.171. The van der Waals surface area contributed by atoms with E-state index in [9.17, 15) is 9.59 Å². The van der Waals surface area contributed by atoms with E-state index in [1.54, 1.807) is 13.8 Å². The Morgan fingerprint density at radius 3 is 2.17 bits per heavy atom. The van der Waals surface area contributed by atoms with Crippen LogP contribution in [0.5, 0.6) is 0 Å². The van der Waals surface area contributed by atoms with Crippen LogP contribution in [0, 0.1) is 17.3 Å². The van der Waals surface area contributed by atoms with Crippen molar-refractivity contribution < 1.29 is 19.1 Å². The molecule has 0 spiro atoms. The maximum Gasteiger partial charge on any atom is 0.324 e. The van der Waals surface area contributed by atoms with Crippen LogP contribution in [-0.2, 0) is 19.1 Å². The fourth-order valence-corrected chi connectivity index (χ4v) is 2.07. The van der Waals surface area contributed by atoms with E-state index >= 15 is 0 Å². The molecule has 0 bridgehead atoms. The molecule has 0 atom stereocenters. The van der Waals surface area contributed by atoms with Crippen LogP contribution in [0.1, 0.15) is 32.3 Å². The minimum atomic E-state index is -1.46. The first-order chi connectivity index (χ1) is 11.1. The molecule has 0 unspecified atom stereocenters. The number of esters is 2. The highest BCUT2D eigenvalue weighted by molar-refractivity contribution is 6.00. The molecule has 0 aromatic heterocycles. The van der Waals surface area contributed by atoms with Crippen LogP contribution in [0.2, 0.25) is 0 Å². The van der Waals surface area contributed by atoms with Crippen LogP contribution in [0.15, 0.2) is 43.0 Å². The van der Waals surface area contributed by atoms with E-state index in [1.807, 2.05) is 30.3 Å². The van der Waals surface area contributed by atoms with Crippen molar-refractivity contribution >= 4 is 11.9 Å². The highest BCUT2D eigenvalue weighted by Crippen LogP contribution is 2.31. The third kappa shape index (κ3) is 5.00. The Balaban J connectivity index is 3.10. The maximum atomic E-state index is 12.4. The van der Waals surface area contributed by atoms with E-state index in [0.717, 1.165) is 5.56 Å². The molecule has 4 heteroatoms. The molecule has 0 radical (unpaired) electrons. The van der Waals surface area contributed by atoms with Crippen molar-refractivity contribution in [3.63, 3.8) is 0 Å². The van der Waals surface area contributed by atoms with Gasteiger partial charge in [-0.1, -0.05) is 36.1 Å². The number of hydrogen-bond acceptors (Lipinski definition) is 4. The van der Waals surface area contributed by atoms with Gasteiger partial charge in [-0.25, -0.2) is 0 Å². The molecule has 1 rings (SSSR count). The summed E-state index contributed by atoms with van der Waals surface area (Å²) in [6.07, 6.45) is 1.65. The molecular weight excluding hydrogens is 292 g/mol. The molecule has 4 nitrogen and oxygen atoms in total. The van der Waals surface area contributed by atoms with Crippen LogP contribution in [0.4, 0.5) is 0 Å². The van der Waals surface area contributed by atoms with Gasteiger partial charge in [0.15, 0.2) is 5.41 Å². The summed E-state index contributed by atoms with van der Waals surface area (Å²) in [6.45, 7) is 7.38. The maximum absolute atomic E-state index is 12.4. The summed E-state index contributed by atoms with van der Waals surface area (Å²) in [6, 6.07) is 9.35. The fourth-order valence-electron chi connectivity index (χ4n) is 2.07. The second-order valence-corrected chi connectivity index (χ2v) is 4.86. The molecule has 0 heterocycles. The van der Waals surface area contributed by atoms with Gasteiger partial charge in [-0.05, 0) is 32.4 Å². The van der Waals surface area contributed by atoms with E-state index in [2.05, 4.69) is 18.4 Å². The first-order valence-electron chi connectivity index (χ1n) is 7.60. The van der Waals surface area contributed by atoms with E-state index in [1.165, 1.54) is 6.08 Å². The molecule has 122 valence electrons. The molecule has 1 aromatic carbocycles. The number of rotatable bonds is 7. The van der Waals surface area contributed by atoms with E-state index in [0.29, 0.717) is 0 Å². The third-order valence-corrected chi connectivity index (χ3v) is 3.22. The van der Waals surface area contributed by atoms with Gasteiger partial charge in [-0.15, -0.1) is 6.58 Å². The van der Waals surface area contributed by atoms with E-state index in [-0.39, 0.29) is 26.1 Å². The molecule has 0 aliphatic heterocycles. The van der Waals surface area contributed by atoms with Crippen LogP contribution >= 0.6 is 0 Å². The van der Waals surface area contributed by atoms with Gasteiger partial charge in [-0.3, -0.25) is 9.59 Å². The fraction of sp³-hybridized carbons (Fsp3) is 0.368. The summed E-state index contributed by atoms with van der Waals surface area (Å²) in [5.74, 6) is 4.61. The second-order valence-electron chi connectivity index (χ2n) is 4.86. The van der Waals surface area contributed by atoms with E-state index in [4.69, 9.17) is 9.47 Å². The smallest absolute Gasteiger partial charge is 0.324 e. The van der Waals surface area contributed by atoms with Gasteiger partial charge in [0.25, 0.3) is 0 Å². The van der Waals surface area contributed by atoms with Gasteiger partial charge in [0.2, 0.25) is 0 Å². The predicted molar refractivity (Wildman–Crippen MR) is 88.5 cm³/mol. The average Bonchev–Trinajstić information content (AvgIpc) is 2.55.